The van der Waals surface area contributed by atoms with Crippen molar-refractivity contribution >= 4 is 43.2 Å². The molecule has 3 aromatic rings. The molecule has 1 amide bonds. The summed E-state index contributed by atoms with van der Waals surface area (Å²) in [6.07, 6.45) is 3.94. The Labute approximate surface area is 189 Å². The number of aryl methyl sites for hydroxylation is 1. The first-order chi connectivity index (χ1) is 14.9. The highest BCUT2D eigenvalue weighted by molar-refractivity contribution is 9.10. The van der Waals surface area contributed by atoms with Crippen LogP contribution in [-0.2, 0) is 16.4 Å². The Morgan fingerprint density at radius 2 is 1.61 bits per heavy atom. The van der Waals surface area contributed by atoms with Crippen molar-refractivity contribution in [2.45, 2.75) is 17.7 Å². The van der Waals surface area contributed by atoms with Crippen molar-refractivity contribution in [3.05, 3.63) is 100 Å². The third-order valence-electron chi connectivity index (χ3n) is 4.90. The Kier molecular flexibility index (Phi) is 6.11. The predicted molar refractivity (Wildman–Crippen MR) is 125 cm³/mol. The van der Waals surface area contributed by atoms with Gasteiger partial charge >= 0.3 is 0 Å². The molecule has 31 heavy (non-hydrogen) atoms. The van der Waals surface area contributed by atoms with Gasteiger partial charge in [0.2, 0.25) is 0 Å². The number of benzene rings is 3. The Hall–Kier alpha value is -3.10. The van der Waals surface area contributed by atoms with Crippen molar-refractivity contribution in [3.63, 3.8) is 0 Å². The van der Waals surface area contributed by atoms with Crippen molar-refractivity contribution in [1.82, 2.24) is 10.9 Å². The number of allylic oxidation sites excluding steroid dienone is 1. The summed E-state index contributed by atoms with van der Waals surface area (Å²) in [5.74, 6) is -0.314. The van der Waals surface area contributed by atoms with Crippen LogP contribution in [0.3, 0.4) is 0 Å². The van der Waals surface area contributed by atoms with Gasteiger partial charge in [-0.15, -0.1) is 0 Å². The highest BCUT2D eigenvalue weighted by Gasteiger charge is 2.15. The molecule has 0 aromatic heterocycles. The van der Waals surface area contributed by atoms with E-state index in [1.54, 1.807) is 36.4 Å². The molecule has 158 valence electrons. The lowest BCUT2D eigenvalue weighted by Gasteiger charge is -2.19. The molecule has 0 atom stereocenters. The van der Waals surface area contributed by atoms with E-state index >= 15 is 0 Å². The standard InChI is InChI=1S/C23H20BrN3O3S/c24-18-10-14-20(15-11-18)31(29,30)27-19-12-8-17(9-13-19)23(28)26-25-22-7-3-5-16-4-1-2-6-21(16)22/h1-2,4,6-15,25,27H,3,5H2,(H,26,28). The molecular weight excluding hydrogens is 478 g/mol. The number of rotatable bonds is 6. The summed E-state index contributed by atoms with van der Waals surface area (Å²) in [5.41, 5.74) is 9.67. The van der Waals surface area contributed by atoms with Gasteiger partial charge in [0.15, 0.2) is 0 Å². The van der Waals surface area contributed by atoms with Gasteiger partial charge in [0.05, 0.1) is 10.6 Å². The second-order valence-corrected chi connectivity index (χ2v) is 9.63. The fourth-order valence-corrected chi connectivity index (χ4v) is 4.64. The number of sulfonamides is 1. The summed E-state index contributed by atoms with van der Waals surface area (Å²) in [4.78, 5) is 12.7. The number of carbonyl (C=O) groups is 1. The molecule has 0 saturated carbocycles. The largest absolute Gasteiger partial charge is 0.298 e. The Bertz CT molecular complexity index is 1240. The Morgan fingerprint density at radius 1 is 0.903 bits per heavy atom. The maximum atomic E-state index is 12.5. The maximum Gasteiger partial charge on any atom is 0.269 e. The molecule has 0 bridgehead atoms. The summed E-state index contributed by atoms with van der Waals surface area (Å²) in [7, 11) is -3.71. The molecule has 1 aliphatic carbocycles. The number of amides is 1. The van der Waals surface area contributed by atoms with Crippen molar-refractivity contribution in [3.8, 4) is 0 Å². The van der Waals surface area contributed by atoms with Crippen LogP contribution < -0.4 is 15.6 Å². The van der Waals surface area contributed by atoms with Gasteiger partial charge in [-0.05, 0) is 66.9 Å². The number of hydrogen-bond acceptors (Lipinski definition) is 4. The van der Waals surface area contributed by atoms with Crippen LogP contribution in [0.25, 0.3) is 5.70 Å². The van der Waals surface area contributed by atoms with Crippen molar-refractivity contribution in [2.24, 2.45) is 0 Å². The minimum atomic E-state index is -3.71. The summed E-state index contributed by atoms with van der Waals surface area (Å²) in [5, 5.41) is 0. The third-order valence-corrected chi connectivity index (χ3v) is 6.83. The number of hydrazine groups is 1. The van der Waals surface area contributed by atoms with Gasteiger partial charge in [-0.25, -0.2) is 8.42 Å². The third kappa shape index (κ3) is 4.98. The Balaban J connectivity index is 1.39. The van der Waals surface area contributed by atoms with E-state index in [-0.39, 0.29) is 10.8 Å². The summed E-state index contributed by atoms with van der Waals surface area (Å²) in [6, 6.07) is 20.7. The van der Waals surface area contributed by atoms with Crippen LogP contribution in [-0.4, -0.2) is 14.3 Å². The molecule has 0 unspecified atom stereocenters. The van der Waals surface area contributed by atoms with Gasteiger partial charge in [0.25, 0.3) is 15.9 Å². The van der Waals surface area contributed by atoms with E-state index in [4.69, 9.17) is 0 Å². The minimum absolute atomic E-state index is 0.155. The zero-order valence-electron chi connectivity index (χ0n) is 16.4. The zero-order valence-corrected chi connectivity index (χ0v) is 18.8. The molecular formula is C23H20BrN3O3S. The molecule has 8 heteroatoms. The summed E-state index contributed by atoms with van der Waals surface area (Å²) >= 11 is 3.28. The fraction of sp³-hybridized carbons (Fsp3) is 0.0870. The van der Waals surface area contributed by atoms with Crippen molar-refractivity contribution < 1.29 is 13.2 Å². The predicted octanol–water partition coefficient (Wildman–Crippen LogP) is 4.47. The maximum absolute atomic E-state index is 12.5. The molecule has 0 saturated heterocycles. The van der Waals surface area contributed by atoms with E-state index in [9.17, 15) is 13.2 Å². The normalized spacial score (nSPS) is 13.0. The fourth-order valence-electron chi connectivity index (χ4n) is 3.32. The lowest BCUT2D eigenvalue weighted by atomic mass is 9.95. The van der Waals surface area contributed by atoms with Gasteiger partial charge < -0.3 is 0 Å². The van der Waals surface area contributed by atoms with E-state index < -0.39 is 10.0 Å². The van der Waals surface area contributed by atoms with E-state index in [1.165, 1.54) is 17.7 Å². The second kappa shape index (κ2) is 8.95. The highest BCUT2D eigenvalue weighted by atomic mass is 79.9. The second-order valence-electron chi connectivity index (χ2n) is 7.03. The number of halogens is 1. The average Bonchev–Trinajstić information content (AvgIpc) is 2.78. The number of carbonyl (C=O) groups excluding carboxylic acids is 1. The quantitative estimate of drug-likeness (QED) is 0.438. The van der Waals surface area contributed by atoms with Crippen molar-refractivity contribution in [2.75, 3.05) is 4.72 Å². The number of anilines is 1. The van der Waals surface area contributed by atoms with Crippen molar-refractivity contribution in [1.29, 1.82) is 0 Å². The monoisotopic (exact) mass is 497 g/mol. The van der Waals surface area contributed by atoms with Crippen LogP contribution in [0.5, 0.6) is 0 Å². The zero-order chi connectivity index (χ0) is 21.8. The van der Waals surface area contributed by atoms with Gasteiger partial charge in [0, 0.05) is 21.3 Å². The highest BCUT2D eigenvalue weighted by Crippen LogP contribution is 2.24. The van der Waals surface area contributed by atoms with E-state index in [0.717, 1.165) is 28.6 Å². The van der Waals surface area contributed by atoms with E-state index in [0.29, 0.717) is 11.3 Å². The number of nitrogens with one attached hydrogen (secondary N) is 3. The molecule has 0 aliphatic heterocycles. The molecule has 4 rings (SSSR count). The lowest BCUT2D eigenvalue weighted by molar-refractivity contribution is 0.0942. The van der Waals surface area contributed by atoms with Crippen LogP contribution in [0.15, 0.2) is 88.2 Å². The molecule has 0 radical (unpaired) electrons. The molecule has 0 fully saturated rings. The first-order valence-electron chi connectivity index (χ1n) is 9.66. The van der Waals surface area contributed by atoms with Crippen LogP contribution in [0, 0.1) is 0 Å². The van der Waals surface area contributed by atoms with Crippen LogP contribution in [0.4, 0.5) is 5.69 Å². The smallest absolute Gasteiger partial charge is 0.269 e. The van der Waals surface area contributed by atoms with Gasteiger partial charge in [-0.1, -0.05) is 46.3 Å². The SMILES string of the molecule is O=C(NNC1=CCCc2ccccc21)c1ccc(NS(=O)(=O)c2ccc(Br)cc2)cc1. The van der Waals surface area contributed by atoms with E-state index in [1.807, 2.05) is 18.2 Å². The van der Waals surface area contributed by atoms with Crippen LogP contribution in [0.2, 0.25) is 0 Å². The van der Waals surface area contributed by atoms with Gasteiger partial charge in [0.1, 0.15) is 0 Å². The number of fused-ring (bicyclic) bond motifs is 1. The topological polar surface area (TPSA) is 87.3 Å². The Morgan fingerprint density at radius 3 is 2.35 bits per heavy atom. The molecule has 1 aliphatic rings. The molecule has 3 aromatic carbocycles. The summed E-state index contributed by atoms with van der Waals surface area (Å²) < 4.78 is 28.3. The molecule has 0 heterocycles. The van der Waals surface area contributed by atoms with Gasteiger partial charge in [-0.2, -0.15) is 0 Å². The minimum Gasteiger partial charge on any atom is -0.298 e. The summed E-state index contributed by atoms with van der Waals surface area (Å²) in [6.45, 7) is 0. The van der Waals surface area contributed by atoms with E-state index in [2.05, 4.69) is 43.6 Å². The first kappa shape index (κ1) is 21.1. The lowest BCUT2D eigenvalue weighted by Crippen LogP contribution is -2.36. The first-order valence-corrected chi connectivity index (χ1v) is 11.9. The molecule has 6 nitrogen and oxygen atoms in total. The van der Waals surface area contributed by atoms with Crippen LogP contribution >= 0.6 is 15.9 Å². The van der Waals surface area contributed by atoms with Gasteiger partial charge in [-0.3, -0.25) is 20.4 Å². The average molecular weight is 498 g/mol. The van der Waals surface area contributed by atoms with Crippen LogP contribution in [0.1, 0.15) is 27.9 Å². The molecule has 0 spiro atoms. The molecule has 3 N–H and O–H groups in total. The number of hydrogen-bond donors (Lipinski definition) is 3.